The number of halogens is 3. The van der Waals surface area contributed by atoms with Crippen molar-refractivity contribution < 1.29 is 22.7 Å². The van der Waals surface area contributed by atoms with Gasteiger partial charge in [-0.15, -0.1) is 0 Å². The van der Waals surface area contributed by atoms with Gasteiger partial charge in [-0.05, 0) is 26.3 Å². The summed E-state index contributed by atoms with van der Waals surface area (Å²) in [5.41, 5.74) is -1.26. The number of carbonyl (C=O) groups excluding carboxylic acids is 1. The molecule has 0 aliphatic heterocycles. The van der Waals surface area contributed by atoms with Gasteiger partial charge in [0.2, 0.25) is 0 Å². The quantitative estimate of drug-likeness (QED) is 0.618. The maximum absolute atomic E-state index is 12.9. The first-order chi connectivity index (χ1) is 9.08. The molecule has 0 heterocycles. The third kappa shape index (κ3) is 5.91. The second-order valence-electron chi connectivity index (χ2n) is 5.36. The molecule has 0 saturated heterocycles. The number of esters is 1. The molecule has 0 radical (unpaired) electrons. The molecule has 0 bridgehead atoms. The average molecular weight is 286 g/mol. The van der Waals surface area contributed by atoms with E-state index in [0.29, 0.717) is 11.6 Å². The highest BCUT2D eigenvalue weighted by molar-refractivity contribution is 5.83. The van der Waals surface area contributed by atoms with E-state index >= 15 is 0 Å². The summed E-state index contributed by atoms with van der Waals surface area (Å²) in [5.74, 6) is -0.985. The highest BCUT2D eigenvalue weighted by Crippen LogP contribution is 2.28. The predicted molar refractivity (Wildman–Crippen MR) is 70.1 cm³/mol. The zero-order valence-electron chi connectivity index (χ0n) is 11.6. The number of alkyl halides is 3. The average Bonchev–Trinajstić information content (AvgIpc) is 2.25. The summed E-state index contributed by atoms with van der Waals surface area (Å²) in [6, 6.07) is 8.17. The summed E-state index contributed by atoms with van der Waals surface area (Å²) in [6.45, 7) is 4.80. The molecule has 0 fully saturated rings. The van der Waals surface area contributed by atoms with Crippen LogP contribution in [0.4, 0.5) is 13.2 Å². The van der Waals surface area contributed by atoms with E-state index < -0.39 is 23.3 Å². The van der Waals surface area contributed by atoms with Gasteiger partial charge in [0.15, 0.2) is 0 Å². The first-order valence-electron chi connectivity index (χ1n) is 6.12. The lowest BCUT2D eigenvalue weighted by Gasteiger charge is -2.19. The number of allylic oxidation sites excluding steroid dienone is 1. The van der Waals surface area contributed by atoms with E-state index in [1.54, 1.807) is 51.1 Å². The van der Waals surface area contributed by atoms with Crippen LogP contribution in [0.1, 0.15) is 26.3 Å². The summed E-state index contributed by atoms with van der Waals surface area (Å²) in [4.78, 5) is 11.5. The standard InChI is InChI=1S/C15H17F3O2/c1-14(2,3)20-13(19)10-12(15(16,17)18)9-11-7-5-4-6-8-11/h4-8,10H,9H2,1-3H3. The molecule has 0 aliphatic rings. The lowest BCUT2D eigenvalue weighted by atomic mass is 10.0. The lowest BCUT2D eigenvalue weighted by Crippen LogP contribution is -2.24. The van der Waals surface area contributed by atoms with Crippen LogP contribution in [-0.4, -0.2) is 17.7 Å². The third-order valence-corrected chi connectivity index (χ3v) is 2.30. The molecule has 0 aromatic heterocycles. The number of carbonyl (C=O) groups is 1. The van der Waals surface area contributed by atoms with Crippen LogP contribution < -0.4 is 0 Å². The van der Waals surface area contributed by atoms with Gasteiger partial charge in [-0.1, -0.05) is 30.3 Å². The van der Waals surface area contributed by atoms with Crippen LogP contribution in [0.15, 0.2) is 42.0 Å². The molecule has 0 atom stereocenters. The Labute approximate surface area is 116 Å². The van der Waals surface area contributed by atoms with E-state index in [2.05, 4.69) is 0 Å². The number of hydrogen-bond acceptors (Lipinski definition) is 2. The monoisotopic (exact) mass is 286 g/mol. The predicted octanol–water partition coefficient (Wildman–Crippen LogP) is 4.06. The highest BCUT2D eigenvalue weighted by Gasteiger charge is 2.34. The van der Waals surface area contributed by atoms with Crippen molar-refractivity contribution in [2.24, 2.45) is 0 Å². The fourth-order valence-electron chi connectivity index (χ4n) is 1.52. The summed E-state index contributed by atoms with van der Waals surface area (Å²) < 4.78 is 43.7. The van der Waals surface area contributed by atoms with Crippen molar-refractivity contribution in [2.75, 3.05) is 0 Å². The Balaban J connectivity index is 2.93. The molecular weight excluding hydrogens is 269 g/mol. The molecule has 2 nitrogen and oxygen atoms in total. The smallest absolute Gasteiger partial charge is 0.413 e. The minimum Gasteiger partial charge on any atom is -0.457 e. The zero-order valence-corrected chi connectivity index (χ0v) is 11.6. The second kappa shape index (κ2) is 6.11. The van der Waals surface area contributed by atoms with E-state index in [-0.39, 0.29) is 6.42 Å². The fourth-order valence-corrected chi connectivity index (χ4v) is 1.52. The Hall–Kier alpha value is -1.78. The van der Waals surface area contributed by atoms with Crippen molar-refractivity contribution in [3.05, 3.63) is 47.5 Å². The van der Waals surface area contributed by atoms with Gasteiger partial charge in [0, 0.05) is 18.1 Å². The topological polar surface area (TPSA) is 26.3 Å². The maximum Gasteiger partial charge on any atom is 0.413 e. The van der Waals surface area contributed by atoms with E-state index in [1.807, 2.05) is 0 Å². The molecule has 1 aromatic carbocycles. The minimum absolute atomic E-state index is 0.358. The molecular formula is C15H17F3O2. The second-order valence-corrected chi connectivity index (χ2v) is 5.36. The van der Waals surface area contributed by atoms with Gasteiger partial charge in [0.25, 0.3) is 0 Å². The van der Waals surface area contributed by atoms with Crippen molar-refractivity contribution in [1.29, 1.82) is 0 Å². The van der Waals surface area contributed by atoms with Crippen LogP contribution in [0.2, 0.25) is 0 Å². The van der Waals surface area contributed by atoms with Crippen LogP contribution in [0.5, 0.6) is 0 Å². The number of rotatable bonds is 3. The first-order valence-corrected chi connectivity index (χ1v) is 6.12. The SMILES string of the molecule is CC(C)(C)OC(=O)C=C(Cc1ccccc1)C(F)(F)F. The molecule has 1 aromatic rings. The molecule has 110 valence electrons. The van der Waals surface area contributed by atoms with Crippen molar-refractivity contribution in [3.8, 4) is 0 Å². The van der Waals surface area contributed by atoms with Crippen LogP contribution >= 0.6 is 0 Å². The largest absolute Gasteiger partial charge is 0.457 e. The van der Waals surface area contributed by atoms with Crippen LogP contribution in [0.25, 0.3) is 0 Å². The Morgan fingerprint density at radius 3 is 2.15 bits per heavy atom. The molecule has 1 rings (SSSR count). The Morgan fingerprint density at radius 2 is 1.70 bits per heavy atom. The van der Waals surface area contributed by atoms with E-state index in [4.69, 9.17) is 4.74 Å². The van der Waals surface area contributed by atoms with Gasteiger partial charge < -0.3 is 4.74 Å². The van der Waals surface area contributed by atoms with Crippen molar-refractivity contribution in [1.82, 2.24) is 0 Å². The van der Waals surface area contributed by atoms with E-state index in [1.165, 1.54) is 0 Å². The molecule has 0 aliphatic carbocycles. The molecule has 5 heteroatoms. The van der Waals surface area contributed by atoms with Crippen LogP contribution in [0.3, 0.4) is 0 Å². The highest BCUT2D eigenvalue weighted by atomic mass is 19.4. The fraction of sp³-hybridized carbons (Fsp3) is 0.400. The van der Waals surface area contributed by atoms with Gasteiger partial charge in [-0.2, -0.15) is 13.2 Å². The van der Waals surface area contributed by atoms with Crippen molar-refractivity contribution in [2.45, 2.75) is 39.0 Å². The Bertz CT molecular complexity index is 482. The molecule has 0 N–H and O–H groups in total. The van der Waals surface area contributed by atoms with Crippen molar-refractivity contribution in [3.63, 3.8) is 0 Å². The van der Waals surface area contributed by atoms with Gasteiger partial charge in [-0.3, -0.25) is 0 Å². The van der Waals surface area contributed by atoms with Gasteiger partial charge >= 0.3 is 12.1 Å². The Morgan fingerprint density at radius 1 is 1.15 bits per heavy atom. The van der Waals surface area contributed by atoms with Gasteiger partial charge in [-0.25, -0.2) is 4.79 Å². The Kier molecular flexibility index (Phi) is 4.98. The number of benzene rings is 1. The maximum atomic E-state index is 12.9. The van der Waals surface area contributed by atoms with Crippen molar-refractivity contribution >= 4 is 5.97 Å². The van der Waals surface area contributed by atoms with Crippen LogP contribution in [-0.2, 0) is 16.0 Å². The molecule has 0 amide bonds. The lowest BCUT2D eigenvalue weighted by molar-refractivity contribution is -0.149. The summed E-state index contributed by atoms with van der Waals surface area (Å²) in [6.07, 6.45) is -4.39. The number of hydrogen-bond donors (Lipinski definition) is 0. The van der Waals surface area contributed by atoms with Crippen LogP contribution in [0, 0.1) is 0 Å². The normalized spacial score (nSPS) is 13.2. The van der Waals surface area contributed by atoms with E-state index in [9.17, 15) is 18.0 Å². The van der Waals surface area contributed by atoms with E-state index in [0.717, 1.165) is 0 Å². The third-order valence-electron chi connectivity index (χ3n) is 2.30. The molecule has 0 spiro atoms. The summed E-state index contributed by atoms with van der Waals surface area (Å²) in [7, 11) is 0. The summed E-state index contributed by atoms with van der Waals surface area (Å²) >= 11 is 0. The zero-order chi connectivity index (χ0) is 15.4. The first kappa shape index (κ1) is 16.3. The molecule has 0 unspecified atom stereocenters. The van der Waals surface area contributed by atoms with Gasteiger partial charge in [0.05, 0.1) is 0 Å². The van der Waals surface area contributed by atoms with Gasteiger partial charge in [0.1, 0.15) is 5.60 Å². The number of ether oxygens (including phenoxy) is 1. The molecule has 0 saturated carbocycles. The molecule has 20 heavy (non-hydrogen) atoms. The summed E-state index contributed by atoms with van der Waals surface area (Å²) in [5, 5.41) is 0. The minimum atomic E-state index is -4.56.